The van der Waals surface area contributed by atoms with Gasteiger partial charge in [-0.3, -0.25) is 9.59 Å². The van der Waals surface area contributed by atoms with Gasteiger partial charge in [0.25, 0.3) is 0 Å². The van der Waals surface area contributed by atoms with E-state index in [4.69, 9.17) is 28.3 Å². The number of carbonyl (C=O) groups is 2. The lowest BCUT2D eigenvalue weighted by Crippen LogP contribution is -2.37. The van der Waals surface area contributed by atoms with Crippen LogP contribution in [-0.4, -0.2) is 53.4 Å². The van der Waals surface area contributed by atoms with Gasteiger partial charge in [0.1, 0.15) is 0 Å². The highest BCUT2D eigenvalue weighted by Gasteiger charge is 2.49. The second-order valence-corrected chi connectivity index (χ2v) is 10.1. The molecule has 0 unspecified atom stereocenters. The first-order chi connectivity index (χ1) is 12.2. The van der Waals surface area contributed by atoms with Gasteiger partial charge in [-0.1, -0.05) is 35.0 Å². The van der Waals surface area contributed by atoms with Crippen LogP contribution in [0.2, 0.25) is 10.0 Å². The SMILES string of the molecule is O=C(O)CCC(=O)N=C1S[C@H]2CS(=O)(=O)C[C@@H]2N1c1ccc(Cl)c(Cl)c1. The number of amides is 1. The van der Waals surface area contributed by atoms with Gasteiger partial charge in [0, 0.05) is 17.4 Å². The number of anilines is 1. The van der Waals surface area contributed by atoms with Crippen molar-refractivity contribution in [2.45, 2.75) is 24.1 Å². The van der Waals surface area contributed by atoms with Gasteiger partial charge >= 0.3 is 5.97 Å². The summed E-state index contributed by atoms with van der Waals surface area (Å²) in [5, 5.41) is 9.45. The Hall–Kier alpha value is -1.29. The summed E-state index contributed by atoms with van der Waals surface area (Å²) in [7, 11) is -3.18. The lowest BCUT2D eigenvalue weighted by Gasteiger charge is -2.24. The van der Waals surface area contributed by atoms with Crippen molar-refractivity contribution in [3.8, 4) is 0 Å². The van der Waals surface area contributed by atoms with Crippen molar-refractivity contribution in [3.63, 3.8) is 0 Å². The van der Waals surface area contributed by atoms with E-state index in [-0.39, 0.29) is 35.6 Å². The Bertz CT molecular complexity index is 903. The van der Waals surface area contributed by atoms with Crippen molar-refractivity contribution in [3.05, 3.63) is 28.2 Å². The molecule has 2 atom stereocenters. The standard InChI is InChI=1S/C15H14Cl2N2O5S2/c16-9-2-1-8(5-10(9)17)19-11-6-26(23,24)7-12(11)25-15(19)18-13(20)3-4-14(21)22/h1-2,5,11-12H,3-4,6-7H2,(H,21,22)/t11-,12-/m0/s1. The number of amidine groups is 1. The van der Waals surface area contributed by atoms with Crippen LogP contribution in [0, 0.1) is 0 Å². The van der Waals surface area contributed by atoms with Crippen LogP contribution in [0.4, 0.5) is 5.69 Å². The molecular weight excluding hydrogens is 423 g/mol. The summed E-state index contributed by atoms with van der Waals surface area (Å²) in [6, 6.07) is 4.49. The number of sulfone groups is 1. The van der Waals surface area contributed by atoms with Crippen LogP contribution in [0.3, 0.4) is 0 Å². The Morgan fingerprint density at radius 2 is 1.96 bits per heavy atom. The van der Waals surface area contributed by atoms with Crippen molar-refractivity contribution < 1.29 is 23.1 Å². The van der Waals surface area contributed by atoms with Gasteiger partial charge in [-0.2, -0.15) is 4.99 Å². The van der Waals surface area contributed by atoms with Crippen LogP contribution in [0.1, 0.15) is 12.8 Å². The van der Waals surface area contributed by atoms with E-state index in [1.165, 1.54) is 11.8 Å². The van der Waals surface area contributed by atoms with Crippen LogP contribution < -0.4 is 4.90 Å². The van der Waals surface area contributed by atoms with E-state index >= 15 is 0 Å². The first-order valence-corrected chi connectivity index (χ1v) is 11.1. The minimum atomic E-state index is -3.18. The van der Waals surface area contributed by atoms with E-state index < -0.39 is 21.7 Å². The number of benzene rings is 1. The minimum absolute atomic E-state index is 0.00247. The molecular formula is C15H14Cl2N2O5S2. The molecule has 1 N–H and O–H groups in total. The van der Waals surface area contributed by atoms with Gasteiger partial charge in [-0.05, 0) is 18.2 Å². The number of carbonyl (C=O) groups excluding carboxylic acids is 1. The summed E-state index contributed by atoms with van der Waals surface area (Å²) < 4.78 is 24.0. The zero-order chi connectivity index (χ0) is 19.1. The maximum Gasteiger partial charge on any atom is 0.303 e. The predicted octanol–water partition coefficient (Wildman–Crippen LogP) is 2.46. The minimum Gasteiger partial charge on any atom is -0.481 e. The number of carboxylic acid groups (broad SMARTS) is 1. The Balaban J connectivity index is 1.94. The molecule has 0 aliphatic carbocycles. The van der Waals surface area contributed by atoms with E-state index in [1.54, 1.807) is 23.1 Å². The molecule has 1 aromatic carbocycles. The zero-order valence-corrected chi connectivity index (χ0v) is 16.4. The second-order valence-electron chi connectivity index (χ2n) is 5.95. The molecule has 2 aliphatic heterocycles. The van der Waals surface area contributed by atoms with Crippen LogP contribution in [0.5, 0.6) is 0 Å². The number of hydrogen-bond donors (Lipinski definition) is 1. The average molecular weight is 437 g/mol. The molecule has 2 saturated heterocycles. The Morgan fingerprint density at radius 1 is 1.23 bits per heavy atom. The molecule has 1 amide bonds. The number of hydrogen-bond acceptors (Lipinski definition) is 5. The Morgan fingerprint density at radius 3 is 2.62 bits per heavy atom. The number of aliphatic carboxylic acids is 1. The fourth-order valence-corrected chi connectivity index (χ4v) is 7.10. The third-order valence-electron chi connectivity index (χ3n) is 4.02. The lowest BCUT2D eigenvalue weighted by atomic mass is 10.2. The smallest absolute Gasteiger partial charge is 0.303 e. The molecule has 1 aromatic rings. The van der Waals surface area contributed by atoms with Crippen LogP contribution in [-0.2, 0) is 19.4 Å². The molecule has 2 aliphatic rings. The Labute approximate surface area is 164 Å². The highest BCUT2D eigenvalue weighted by Crippen LogP contribution is 2.42. The number of halogens is 2. The number of fused-ring (bicyclic) bond motifs is 1. The molecule has 0 spiro atoms. The molecule has 7 nitrogen and oxygen atoms in total. The maximum absolute atomic E-state index is 12.0. The van der Waals surface area contributed by atoms with E-state index in [2.05, 4.69) is 4.99 Å². The third-order valence-corrected chi connectivity index (χ3v) is 7.97. The molecule has 26 heavy (non-hydrogen) atoms. The maximum atomic E-state index is 12.0. The molecule has 0 radical (unpaired) electrons. The average Bonchev–Trinajstić information content (AvgIpc) is 2.99. The molecule has 140 valence electrons. The van der Waals surface area contributed by atoms with E-state index in [0.717, 1.165) is 0 Å². The fraction of sp³-hybridized carbons (Fsp3) is 0.400. The summed E-state index contributed by atoms with van der Waals surface area (Å²) in [4.78, 5) is 28.3. The van der Waals surface area contributed by atoms with Crippen LogP contribution >= 0.6 is 35.0 Å². The van der Waals surface area contributed by atoms with Crippen molar-refractivity contribution in [2.24, 2.45) is 4.99 Å². The van der Waals surface area contributed by atoms with Gasteiger partial charge in [-0.15, -0.1) is 0 Å². The number of nitrogens with zero attached hydrogens (tertiary/aromatic N) is 2. The topological polar surface area (TPSA) is 104 Å². The molecule has 0 saturated carbocycles. The number of aliphatic imine (C=N–C) groups is 1. The summed E-state index contributed by atoms with van der Waals surface area (Å²) in [6.07, 6.45) is -0.531. The summed E-state index contributed by atoms with van der Waals surface area (Å²) >= 11 is 13.2. The third kappa shape index (κ3) is 4.16. The first kappa shape index (κ1) is 19.5. The van der Waals surface area contributed by atoms with E-state index in [9.17, 15) is 18.0 Å². The number of thioether (sulfide) groups is 1. The number of carboxylic acids is 1. The fourth-order valence-electron chi connectivity index (χ4n) is 2.88. The van der Waals surface area contributed by atoms with Crippen LogP contribution in [0.15, 0.2) is 23.2 Å². The van der Waals surface area contributed by atoms with Gasteiger partial charge in [0.15, 0.2) is 15.0 Å². The monoisotopic (exact) mass is 436 g/mol. The highest BCUT2D eigenvalue weighted by atomic mass is 35.5. The summed E-state index contributed by atoms with van der Waals surface area (Å²) in [6.45, 7) is 0. The van der Waals surface area contributed by atoms with Gasteiger partial charge in [0.2, 0.25) is 5.91 Å². The van der Waals surface area contributed by atoms with Crippen molar-refractivity contribution in [2.75, 3.05) is 16.4 Å². The van der Waals surface area contributed by atoms with Crippen molar-refractivity contribution in [1.82, 2.24) is 0 Å². The number of rotatable bonds is 4. The Kier molecular flexibility index (Phi) is 5.53. The van der Waals surface area contributed by atoms with Crippen molar-refractivity contribution in [1.29, 1.82) is 0 Å². The second kappa shape index (κ2) is 7.38. The highest BCUT2D eigenvalue weighted by molar-refractivity contribution is 8.16. The van der Waals surface area contributed by atoms with Gasteiger partial charge in [0.05, 0.1) is 34.0 Å². The van der Waals surface area contributed by atoms with E-state index in [0.29, 0.717) is 20.9 Å². The zero-order valence-electron chi connectivity index (χ0n) is 13.3. The lowest BCUT2D eigenvalue weighted by molar-refractivity contribution is -0.138. The van der Waals surface area contributed by atoms with Crippen LogP contribution in [0.25, 0.3) is 0 Å². The molecule has 2 heterocycles. The van der Waals surface area contributed by atoms with Gasteiger partial charge < -0.3 is 10.0 Å². The van der Waals surface area contributed by atoms with E-state index in [1.807, 2.05) is 0 Å². The molecule has 11 heteroatoms. The molecule has 0 aromatic heterocycles. The quantitative estimate of drug-likeness (QED) is 0.772. The molecule has 2 fully saturated rings. The summed E-state index contributed by atoms with van der Waals surface area (Å²) in [5.41, 5.74) is 0.585. The predicted molar refractivity (Wildman–Crippen MR) is 102 cm³/mol. The van der Waals surface area contributed by atoms with Gasteiger partial charge in [-0.25, -0.2) is 8.42 Å². The molecule has 0 bridgehead atoms. The first-order valence-electron chi connectivity index (χ1n) is 7.61. The largest absolute Gasteiger partial charge is 0.481 e. The van der Waals surface area contributed by atoms with Crippen molar-refractivity contribution >= 4 is 67.5 Å². The molecule has 3 rings (SSSR count). The normalized spacial score (nSPS) is 25.5. The summed E-state index contributed by atoms with van der Waals surface area (Å²) in [5.74, 6) is -1.69.